The lowest BCUT2D eigenvalue weighted by Crippen LogP contribution is -2.20. The standard InChI is InChI=1S/C25H27FN2O3.ClH/c1-18-7-10-21(11-8-18)28-25(29)17-31-23-12-9-19(15-24(23)30-2)16-27-14-13-20-5-3-4-6-22(20)26;/h3-12,15,27H,13-14,16-17H2,1-2H3,(H,28,29);1H. The van der Waals surface area contributed by atoms with Gasteiger partial charge in [0, 0.05) is 12.2 Å². The van der Waals surface area contributed by atoms with Crippen molar-refractivity contribution in [1.29, 1.82) is 0 Å². The zero-order valence-corrected chi connectivity index (χ0v) is 19.0. The molecule has 0 aliphatic carbocycles. The van der Waals surface area contributed by atoms with Gasteiger partial charge in [-0.3, -0.25) is 4.79 Å². The summed E-state index contributed by atoms with van der Waals surface area (Å²) in [6.07, 6.45) is 0.612. The van der Waals surface area contributed by atoms with Crippen LogP contribution in [0.2, 0.25) is 0 Å². The third kappa shape index (κ3) is 7.55. The molecule has 32 heavy (non-hydrogen) atoms. The maximum atomic E-state index is 13.7. The van der Waals surface area contributed by atoms with Crippen LogP contribution in [0.5, 0.6) is 11.5 Å². The summed E-state index contributed by atoms with van der Waals surface area (Å²) in [5, 5.41) is 6.10. The van der Waals surface area contributed by atoms with Crippen LogP contribution in [0.4, 0.5) is 10.1 Å². The van der Waals surface area contributed by atoms with Gasteiger partial charge in [-0.1, -0.05) is 42.0 Å². The molecule has 7 heteroatoms. The molecule has 0 unspecified atom stereocenters. The van der Waals surface area contributed by atoms with Crippen molar-refractivity contribution in [2.24, 2.45) is 0 Å². The lowest BCUT2D eigenvalue weighted by molar-refractivity contribution is -0.118. The van der Waals surface area contributed by atoms with Crippen molar-refractivity contribution in [3.63, 3.8) is 0 Å². The van der Waals surface area contributed by atoms with Crippen molar-refractivity contribution in [3.05, 3.63) is 89.2 Å². The molecule has 0 fully saturated rings. The van der Waals surface area contributed by atoms with Gasteiger partial charge in [0.1, 0.15) is 5.82 Å². The topological polar surface area (TPSA) is 59.6 Å². The zero-order chi connectivity index (χ0) is 22.1. The van der Waals surface area contributed by atoms with E-state index in [2.05, 4.69) is 10.6 Å². The van der Waals surface area contributed by atoms with E-state index in [1.54, 1.807) is 25.3 Å². The van der Waals surface area contributed by atoms with Crippen LogP contribution >= 0.6 is 12.4 Å². The molecule has 0 radical (unpaired) electrons. The lowest BCUT2D eigenvalue weighted by atomic mass is 10.1. The van der Waals surface area contributed by atoms with Crippen molar-refractivity contribution in [2.75, 3.05) is 25.6 Å². The van der Waals surface area contributed by atoms with Gasteiger partial charge in [0.2, 0.25) is 0 Å². The number of carbonyl (C=O) groups is 1. The SMILES string of the molecule is COc1cc(CNCCc2ccccc2F)ccc1OCC(=O)Nc1ccc(C)cc1.Cl. The highest BCUT2D eigenvalue weighted by atomic mass is 35.5. The zero-order valence-electron chi connectivity index (χ0n) is 18.2. The van der Waals surface area contributed by atoms with Crippen LogP contribution in [0.15, 0.2) is 66.7 Å². The second kappa shape index (κ2) is 12.7. The fourth-order valence-corrected chi connectivity index (χ4v) is 3.08. The first-order valence-electron chi connectivity index (χ1n) is 10.2. The molecule has 0 atom stereocenters. The molecule has 3 aromatic rings. The number of anilines is 1. The molecule has 2 N–H and O–H groups in total. The summed E-state index contributed by atoms with van der Waals surface area (Å²) in [6, 6.07) is 19.9. The summed E-state index contributed by atoms with van der Waals surface area (Å²) in [4.78, 5) is 12.1. The summed E-state index contributed by atoms with van der Waals surface area (Å²) >= 11 is 0. The Kier molecular flexibility index (Phi) is 9.98. The summed E-state index contributed by atoms with van der Waals surface area (Å²) < 4.78 is 24.7. The number of aryl methyl sites for hydroxylation is 1. The normalized spacial score (nSPS) is 10.2. The number of rotatable bonds is 10. The van der Waals surface area contributed by atoms with E-state index < -0.39 is 0 Å². The summed E-state index contributed by atoms with van der Waals surface area (Å²) in [6.45, 7) is 3.13. The van der Waals surface area contributed by atoms with E-state index in [9.17, 15) is 9.18 Å². The number of benzene rings is 3. The van der Waals surface area contributed by atoms with Crippen LogP contribution in [0.25, 0.3) is 0 Å². The van der Waals surface area contributed by atoms with Crippen molar-refractivity contribution < 1.29 is 18.7 Å². The first-order valence-corrected chi connectivity index (χ1v) is 10.2. The fourth-order valence-electron chi connectivity index (χ4n) is 3.08. The van der Waals surface area contributed by atoms with Gasteiger partial charge >= 0.3 is 0 Å². The van der Waals surface area contributed by atoms with Crippen molar-refractivity contribution >= 4 is 24.0 Å². The average molecular weight is 459 g/mol. The van der Waals surface area contributed by atoms with Crippen LogP contribution in [-0.4, -0.2) is 26.2 Å². The molecule has 3 rings (SSSR count). The van der Waals surface area contributed by atoms with Crippen molar-refractivity contribution in [2.45, 2.75) is 19.9 Å². The number of carbonyl (C=O) groups excluding carboxylic acids is 1. The Morgan fingerprint density at radius 1 is 1.00 bits per heavy atom. The molecule has 5 nitrogen and oxygen atoms in total. The van der Waals surface area contributed by atoms with Crippen molar-refractivity contribution in [1.82, 2.24) is 5.32 Å². The van der Waals surface area contributed by atoms with E-state index in [0.29, 0.717) is 36.6 Å². The average Bonchev–Trinajstić information content (AvgIpc) is 2.78. The van der Waals surface area contributed by atoms with Crippen LogP contribution in [0.1, 0.15) is 16.7 Å². The molecule has 0 spiro atoms. The number of methoxy groups -OCH3 is 1. The van der Waals surface area contributed by atoms with Gasteiger partial charge in [-0.25, -0.2) is 4.39 Å². The minimum atomic E-state index is -0.246. The molecule has 0 aliphatic heterocycles. The second-order valence-electron chi connectivity index (χ2n) is 7.21. The van der Waals surface area contributed by atoms with Gasteiger partial charge in [0.05, 0.1) is 7.11 Å². The van der Waals surface area contributed by atoms with Gasteiger partial charge in [-0.05, 0) is 61.3 Å². The Bertz CT molecular complexity index is 1010. The van der Waals surface area contributed by atoms with Crippen LogP contribution in [-0.2, 0) is 17.8 Å². The molecule has 0 aliphatic rings. The van der Waals surface area contributed by atoms with Crippen LogP contribution < -0.4 is 20.1 Å². The van der Waals surface area contributed by atoms with Gasteiger partial charge < -0.3 is 20.1 Å². The fraction of sp³-hybridized carbons (Fsp3) is 0.240. The maximum Gasteiger partial charge on any atom is 0.262 e. The van der Waals surface area contributed by atoms with E-state index in [4.69, 9.17) is 9.47 Å². The first kappa shape index (κ1) is 25.2. The molecule has 0 bridgehead atoms. The van der Waals surface area contributed by atoms with E-state index in [0.717, 1.165) is 16.8 Å². The number of amides is 1. The molecular weight excluding hydrogens is 431 g/mol. The Hall–Kier alpha value is -3.09. The highest BCUT2D eigenvalue weighted by Crippen LogP contribution is 2.28. The highest BCUT2D eigenvalue weighted by Gasteiger charge is 2.09. The van der Waals surface area contributed by atoms with Gasteiger partial charge in [-0.15, -0.1) is 12.4 Å². The maximum absolute atomic E-state index is 13.7. The van der Waals surface area contributed by atoms with E-state index >= 15 is 0 Å². The Morgan fingerprint density at radius 2 is 1.75 bits per heavy atom. The van der Waals surface area contributed by atoms with Crippen LogP contribution in [0, 0.1) is 12.7 Å². The third-order valence-corrected chi connectivity index (χ3v) is 4.78. The molecule has 0 saturated heterocycles. The van der Waals surface area contributed by atoms with Crippen molar-refractivity contribution in [3.8, 4) is 11.5 Å². The third-order valence-electron chi connectivity index (χ3n) is 4.78. The predicted octanol–water partition coefficient (Wildman–Crippen LogP) is 4.91. The Balaban J connectivity index is 0.00000363. The number of hydrogen-bond donors (Lipinski definition) is 2. The first-order chi connectivity index (χ1) is 15.0. The smallest absolute Gasteiger partial charge is 0.262 e. The number of ether oxygens (including phenoxy) is 2. The summed E-state index contributed by atoms with van der Waals surface area (Å²) in [5.41, 5.74) is 3.55. The number of nitrogens with one attached hydrogen (secondary N) is 2. The van der Waals surface area contributed by atoms with Gasteiger partial charge in [0.25, 0.3) is 5.91 Å². The number of halogens is 2. The van der Waals surface area contributed by atoms with E-state index in [1.165, 1.54) is 6.07 Å². The number of hydrogen-bond acceptors (Lipinski definition) is 4. The molecule has 3 aromatic carbocycles. The largest absolute Gasteiger partial charge is 0.493 e. The van der Waals surface area contributed by atoms with E-state index in [1.807, 2.05) is 49.4 Å². The van der Waals surface area contributed by atoms with Gasteiger partial charge in [0.15, 0.2) is 18.1 Å². The molecule has 170 valence electrons. The van der Waals surface area contributed by atoms with Crippen LogP contribution in [0.3, 0.4) is 0 Å². The monoisotopic (exact) mass is 458 g/mol. The van der Waals surface area contributed by atoms with E-state index in [-0.39, 0.29) is 30.7 Å². The minimum absolute atomic E-state index is 0. The quantitative estimate of drug-likeness (QED) is 0.423. The summed E-state index contributed by atoms with van der Waals surface area (Å²) in [7, 11) is 1.56. The minimum Gasteiger partial charge on any atom is -0.493 e. The molecule has 1 amide bonds. The lowest BCUT2D eigenvalue weighted by Gasteiger charge is -2.13. The molecule has 0 heterocycles. The van der Waals surface area contributed by atoms with Gasteiger partial charge in [-0.2, -0.15) is 0 Å². The molecular formula is C25H28ClFN2O3. The summed E-state index contributed by atoms with van der Waals surface area (Å²) in [5.74, 6) is 0.622. The second-order valence-corrected chi connectivity index (χ2v) is 7.21. The molecule has 0 saturated carbocycles. The predicted molar refractivity (Wildman–Crippen MR) is 127 cm³/mol. The highest BCUT2D eigenvalue weighted by molar-refractivity contribution is 5.91. The Labute approximate surface area is 194 Å². The molecule has 0 aromatic heterocycles. The Morgan fingerprint density at radius 3 is 2.47 bits per heavy atom.